The maximum Gasteiger partial charge on any atom is 0.118 e. The monoisotopic (exact) mass is 535 g/mol. The van der Waals surface area contributed by atoms with Crippen LogP contribution >= 0.6 is 0 Å². The van der Waals surface area contributed by atoms with Crippen LogP contribution < -0.4 is 0 Å². The van der Waals surface area contributed by atoms with Gasteiger partial charge >= 0.3 is 0 Å². The maximum atomic E-state index is 4.65. The number of benzene rings is 2. The van der Waals surface area contributed by atoms with Crippen LogP contribution in [0.1, 0.15) is 79.5 Å². The second kappa shape index (κ2) is 11.0. The zero-order valence-electron chi connectivity index (χ0n) is 25.9. The Morgan fingerprint density at radius 3 is 1.95 bits per heavy atom. The molecular weight excluding hydrogens is 490 g/mol. The van der Waals surface area contributed by atoms with E-state index >= 15 is 0 Å². The van der Waals surface area contributed by atoms with Crippen molar-refractivity contribution < 1.29 is 0 Å². The van der Waals surface area contributed by atoms with Gasteiger partial charge in [-0.2, -0.15) is 0 Å². The lowest BCUT2D eigenvalue weighted by Crippen LogP contribution is -2.19. The lowest BCUT2D eigenvalue weighted by atomic mass is 9.87. The molecule has 6 rings (SSSR count). The first kappa shape index (κ1) is 29.3. The molecule has 40 heavy (non-hydrogen) atoms. The van der Waals surface area contributed by atoms with Crippen LogP contribution in [0.25, 0.3) is 16.6 Å². The van der Waals surface area contributed by atoms with Crippen LogP contribution in [0.15, 0.2) is 84.1 Å². The molecule has 0 spiro atoms. The first-order chi connectivity index (χ1) is 18.7. The Balaban J connectivity index is 0.000000139. The molecule has 2 aromatic carbocycles. The molecule has 0 radical (unpaired) electrons. The van der Waals surface area contributed by atoms with Crippen molar-refractivity contribution >= 4 is 27.9 Å². The van der Waals surface area contributed by atoms with Crippen molar-refractivity contribution in [3.8, 4) is 0 Å². The van der Waals surface area contributed by atoms with Gasteiger partial charge in [-0.1, -0.05) is 92.6 Å². The molecule has 210 valence electrons. The minimum absolute atomic E-state index is 0.0958. The predicted octanol–water partition coefficient (Wildman–Crippen LogP) is 8.86. The van der Waals surface area contributed by atoms with Crippen LogP contribution in [0.5, 0.6) is 0 Å². The van der Waals surface area contributed by atoms with Crippen molar-refractivity contribution in [3.63, 3.8) is 0 Å². The van der Waals surface area contributed by atoms with E-state index in [4.69, 9.17) is 0 Å². The second-order valence-corrected chi connectivity index (χ2v) is 13.7. The van der Waals surface area contributed by atoms with Crippen molar-refractivity contribution in [1.82, 2.24) is 18.9 Å². The molecule has 0 saturated carbocycles. The lowest BCUT2D eigenvalue weighted by molar-refractivity contribution is 0.526. The molecule has 0 bridgehead atoms. The molecule has 1 aliphatic heterocycles. The Morgan fingerprint density at radius 1 is 0.675 bits per heavy atom. The van der Waals surface area contributed by atoms with E-state index in [1.807, 2.05) is 30.5 Å². The standard InChI is InChI=1S/C12H16N2.C12H15N.C11H14N2/c1-12(2,3)11-13-9-7-5-6-8-10(9)14(11)4;1-12(2,3)11-8-9-6-4-5-7-10(9)13-11;1-11(2,3)10-12-7-6-9-5-4-8-13(9)10/h5-8H,1-4H3;4-7H,8H2,1-3H3;4-8H,1-3H3. The van der Waals surface area contributed by atoms with Crippen molar-refractivity contribution in [2.75, 3.05) is 0 Å². The van der Waals surface area contributed by atoms with Gasteiger partial charge in [0.15, 0.2) is 0 Å². The van der Waals surface area contributed by atoms with Gasteiger partial charge in [-0.15, -0.1) is 0 Å². The minimum atomic E-state index is 0.0958. The van der Waals surface area contributed by atoms with Crippen LogP contribution in [-0.4, -0.2) is 24.6 Å². The molecule has 0 aliphatic carbocycles. The van der Waals surface area contributed by atoms with Gasteiger partial charge in [0, 0.05) is 53.3 Å². The lowest BCUT2D eigenvalue weighted by Gasteiger charge is -2.19. The highest BCUT2D eigenvalue weighted by Gasteiger charge is 2.24. The molecule has 0 unspecified atom stereocenters. The molecule has 0 fully saturated rings. The Bertz CT molecular complexity index is 1630. The summed E-state index contributed by atoms with van der Waals surface area (Å²) in [7, 11) is 2.08. The van der Waals surface area contributed by atoms with Crippen LogP contribution in [-0.2, 0) is 24.3 Å². The van der Waals surface area contributed by atoms with Crippen molar-refractivity contribution in [3.05, 3.63) is 96.3 Å². The number of aryl methyl sites for hydroxylation is 1. The van der Waals surface area contributed by atoms with Crippen molar-refractivity contribution in [2.45, 2.75) is 79.6 Å². The minimum Gasteiger partial charge on any atom is -0.331 e. The Morgan fingerprint density at radius 2 is 1.32 bits per heavy atom. The summed E-state index contributed by atoms with van der Waals surface area (Å²) in [6.45, 7) is 19.8. The summed E-state index contributed by atoms with van der Waals surface area (Å²) >= 11 is 0. The van der Waals surface area contributed by atoms with Gasteiger partial charge in [0.05, 0.1) is 16.7 Å². The highest BCUT2D eigenvalue weighted by molar-refractivity contribution is 5.97. The van der Waals surface area contributed by atoms with Gasteiger partial charge < -0.3 is 8.97 Å². The third kappa shape index (κ3) is 6.52. The summed E-state index contributed by atoms with van der Waals surface area (Å²) in [6.07, 6.45) is 4.96. The molecule has 0 N–H and O–H groups in total. The molecule has 1 aliphatic rings. The number of para-hydroxylation sites is 3. The summed E-state index contributed by atoms with van der Waals surface area (Å²) in [4.78, 5) is 13.7. The van der Waals surface area contributed by atoms with Gasteiger partial charge in [-0.25, -0.2) is 9.97 Å². The maximum absolute atomic E-state index is 4.65. The molecule has 5 aromatic rings. The summed E-state index contributed by atoms with van der Waals surface area (Å²) in [5.41, 5.74) is 7.73. The summed E-state index contributed by atoms with van der Waals surface area (Å²) < 4.78 is 4.31. The van der Waals surface area contributed by atoms with E-state index in [1.165, 1.54) is 22.3 Å². The molecule has 3 aromatic heterocycles. The zero-order chi connectivity index (χ0) is 29.3. The second-order valence-electron chi connectivity index (χ2n) is 13.7. The zero-order valence-corrected chi connectivity index (χ0v) is 25.9. The van der Waals surface area contributed by atoms with Gasteiger partial charge in [-0.05, 0) is 42.0 Å². The molecule has 5 heteroatoms. The Hall–Kier alpha value is -3.73. The van der Waals surface area contributed by atoms with E-state index in [9.17, 15) is 0 Å². The van der Waals surface area contributed by atoms with Crippen LogP contribution in [0.2, 0.25) is 0 Å². The van der Waals surface area contributed by atoms with E-state index < -0.39 is 0 Å². The Kier molecular flexibility index (Phi) is 8.07. The average molecular weight is 536 g/mol. The van der Waals surface area contributed by atoms with E-state index in [-0.39, 0.29) is 16.2 Å². The third-order valence-corrected chi connectivity index (χ3v) is 7.05. The molecule has 4 heterocycles. The van der Waals surface area contributed by atoms with Crippen LogP contribution in [0, 0.1) is 5.41 Å². The molecule has 0 amide bonds. The number of imidazole rings is 1. The largest absolute Gasteiger partial charge is 0.331 e. The summed E-state index contributed by atoms with van der Waals surface area (Å²) in [5, 5.41) is 0. The third-order valence-electron chi connectivity index (χ3n) is 7.05. The fraction of sp³-hybridized carbons (Fsp3) is 0.400. The topological polar surface area (TPSA) is 47.5 Å². The number of aromatic nitrogens is 4. The molecule has 5 nitrogen and oxygen atoms in total. The first-order valence-electron chi connectivity index (χ1n) is 14.2. The average Bonchev–Trinajstić information content (AvgIpc) is 3.60. The van der Waals surface area contributed by atoms with Crippen molar-refractivity contribution in [1.29, 1.82) is 0 Å². The van der Waals surface area contributed by atoms with Crippen molar-refractivity contribution in [2.24, 2.45) is 17.5 Å². The highest BCUT2D eigenvalue weighted by Crippen LogP contribution is 2.32. The summed E-state index contributed by atoms with van der Waals surface area (Å²) in [6, 6.07) is 22.8. The quantitative estimate of drug-likeness (QED) is 0.199. The Labute approximate surface area is 240 Å². The fourth-order valence-corrected chi connectivity index (χ4v) is 4.91. The van der Waals surface area contributed by atoms with Gasteiger partial charge in [0.1, 0.15) is 11.6 Å². The van der Waals surface area contributed by atoms with Crippen LogP contribution in [0.4, 0.5) is 5.69 Å². The number of hydrogen-bond donors (Lipinski definition) is 0. The number of nitrogens with zero attached hydrogens (tertiary/aromatic N) is 5. The molecule has 0 saturated heterocycles. The van der Waals surface area contributed by atoms with E-state index in [1.54, 1.807) is 0 Å². The SMILES string of the molecule is CC(C)(C)C1=Nc2ccccc2C1.CC(C)(C)c1nccc2cccn12.Cn1c(C(C)(C)C)nc2ccccc21. The highest BCUT2D eigenvalue weighted by atomic mass is 15.1. The number of aliphatic imine (C=N–C) groups is 1. The normalized spacial score (nSPS) is 13.3. The van der Waals surface area contributed by atoms with Gasteiger partial charge in [-0.3, -0.25) is 4.99 Å². The molecular formula is C35H45N5. The molecule has 0 atom stereocenters. The number of hydrogen-bond acceptors (Lipinski definition) is 3. The number of fused-ring (bicyclic) bond motifs is 3. The predicted molar refractivity (Wildman–Crippen MR) is 170 cm³/mol. The number of rotatable bonds is 0. The smallest absolute Gasteiger partial charge is 0.118 e. The van der Waals surface area contributed by atoms with E-state index in [0.29, 0.717) is 0 Å². The fourth-order valence-electron chi connectivity index (χ4n) is 4.91. The van der Waals surface area contributed by atoms with E-state index in [0.717, 1.165) is 29.3 Å². The van der Waals surface area contributed by atoms with Crippen LogP contribution in [0.3, 0.4) is 0 Å². The summed E-state index contributed by atoms with van der Waals surface area (Å²) in [5.74, 6) is 2.24. The first-order valence-corrected chi connectivity index (χ1v) is 14.2. The van der Waals surface area contributed by atoms with Gasteiger partial charge in [0.25, 0.3) is 0 Å². The van der Waals surface area contributed by atoms with Gasteiger partial charge in [0.2, 0.25) is 0 Å². The van der Waals surface area contributed by atoms with E-state index in [2.05, 4.69) is 142 Å².